The number of rotatable bonds is 6. The summed E-state index contributed by atoms with van der Waals surface area (Å²) in [6, 6.07) is 0. The van der Waals surface area contributed by atoms with Gasteiger partial charge in [0.2, 0.25) is 12.3 Å². The maximum absolute atomic E-state index is 12.4. The van der Waals surface area contributed by atoms with Gasteiger partial charge in [-0.15, -0.1) is 0 Å². The van der Waals surface area contributed by atoms with Gasteiger partial charge in [-0.3, -0.25) is 4.79 Å². The predicted molar refractivity (Wildman–Crippen MR) is 79.9 cm³/mol. The summed E-state index contributed by atoms with van der Waals surface area (Å²) < 4.78 is 10.5. The molecule has 0 aromatic carbocycles. The molecule has 0 bridgehead atoms. The molecule has 1 amide bonds. The van der Waals surface area contributed by atoms with Gasteiger partial charge >= 0.3 is 0 Å². The van der Waals surface area contributed by atoms with Crippen molar-refractivity contribution < 1.29 is 14.1 Å². The summed E-state index contributed by atoms with van der Waals surface area (Å²) in [5.41, 5.74) is 0. The average molecular weight is 307 g/mol. The molecule has 1 atom stereocenters. The molecule has 1 aromatic rings. The SMILES string of the molecule is O=C(CCC1CCCC1)N1CCCC(OCc2ncon2)C1. The van der Waals surface area contributed by atoms with Gasteiger partial charge < -0.3 is 14.2 Å². The zero-order valence-corrected chi connectivity index (χ0v) is 13.1. The standard InChI is InChI=1S/C16H25N3O3/c20-16(8-7-13-4-1-2-5-13)19-9-3-6-14(10-19)21-11-15-17-12-22-18-15/h12-14H,1-11H2. The maximum atomic E-state index is 12.4. The molecular weight excluding hydrogens is 282 g/mol. The zero-order chi connectivity index (χ0) is 15.2. The second-order valence-electron chi connectivity index (χ2n) is 6.45. The third-order valence-electron chi connectivity index (χ3n) is 4.83. The van der Waals surface area contributed by atoms with Crippen LogP contribution in [-0.4, -0.2) is 40.1 Å². The van der Waals surface area contributed by atoms with Crippen LogP contribution >= 0.6 is 0 Å². The molecule has 1 aromatic heterocycles. The van der Waals surface area contributed by atoms with E-state index in [-0.39, 0.29) is 6.10 Å². The largest absolute Gasteiger partial charge is 0.368 e. The number of amides is 1. The van der Waals surface area contributed by atoms with Crippen molar-refractivity contribution in [2.75, 3.05) is 13.1 Å². The Morgan fingerprint density at radius 1 is 1.32 bits per heavy atom. The van der Waals surface area contributed by atoms with Gasteiger partial charge in [-0.1, -0.05) is 30.8 Å². The first-order valence-corrected chi connectivity index (χ1v) is 8.46. The summed E-state index contributed by atoms with van der Waals surface area (Å²) in [6.45, 7) is 1.91. The van der Waals surface area contributed by atoms with Gasteiger partial charge in [-0.2, -0.15) is 4.98 Å². The highest BCUT2D eigenvalue weighted by Crippen LogP contribution is 2.29. The second-order valence-corrected chi connectivity index (χ2v) is 6.45. The summed E-state index contributed by atoms with van der Waals surface area (Å²) >= 11 is 0. The van der Waals surface area contributed by atoms with E-state index < -0.39 is 0 Å². The van der Waals surface area contributed by atoms with E-state index in [1.807, 2.05) is 4.90 Å². The van der Waals surface area contributed by atoms with Crippen LogP contribution in [-0.2, 0) is 16.1 Å². The van der Waals surface area contributed by atoms with Crippen LogP contribution in [0.2, 0.25) is 0 Å². The first-order chi connectivity index (χ1) is 10.8. The van der Waals surface area contributed by atoms with Crippen LogP contribution in [0.4, 0.5) is 0 Å². The van der Waals surface area contributed by atoms with Crippen LogP contribution in [0.5, 0.6) is 0 Å². The van der Waals surface area contributed by atoms with Crippen molar-refractivity contribution in [1.82, 2.24) is 15.0 Å². The van der Waals surface area contributed by atoms with Crippen molar-refractivity contribution in [3.8, 4) is 0 Å². The molecule has 6 heteroatoms. The first kappa shape index (κ1) is 15.5. The van der Waals surface area contributed by atoms with Crippen molar-refractivity contribution >= 4 is 5.91 Å². The van der Waals surface area contributed by atoms with Gasteiger partial charge in [-0.25, -0.2) is 0 Å². The zero-order valence-electron chi connectivity index (χ0n) is 13.1. The molecular formula is C16H25N3O3. The number of piperidine rings is 1. The summed E-state index contributed by atoms with van der Waals surface area (Å²) in [5, 5.41) is 3.74. The number of carbonyl (C=O) groups is 1. The lowest BCUT2D eigenvalue weighted by molar-refractivity contribution is -0.136. The van der Waals surface area contributed by atoms with Crippen LogP contribution < -0.4 is 0 Å². The molecule has 2 heterocycles. The molecule has 0 spiro atoms. The van der Waals surface area contributed by atoms with Gasteiger partial charge in [0.25, 0.3) is 0 Å². The number of carbonyl (C=O) groups excluding carboxylic acids is 1. The predicted octanol–water partition coefficient (Wildman–Crippen LogP) is 2.55. The minimum atomic E-state index is 0.0858. The summed E-state index contributed by atoms with van der Waals surface area (Å²) in [5.74, 6) is 1.63. The van der Waals surface area contributed by atoms with Crippen molar-refractivity contribution in [3.05, 3.63) is 12.2 Å². The van der Waals surface area contributed by atoms with Crippen LogP contribution in [0.25, 0.3) is 0 Å². The summed E-state index contributed by atoms with van der Waals surface area (Å²) in [6.07, 6.45) is 10.4. The van der Waals surface area contributed by atoms with Gasteiger partial charge in [0.05, 0.1) is 6.10 Å². The normalized spacial score (nSPS) is 23.1. The van der Waals surface area contributed by atoms with E-state index in [0.29, 0.717) is 31.3 Å². The molecule has 2 aliphatic rings. The van der Waals surface area contributed by atoms with Gasteiger partial charge in [-0.05, 0) is 25.2 Å². The quantitative estimate of drug-likeness (QED) is 0.808. The number of ether oxygens (including phenoxy) is 1. The molecule has 2 fully saturated rings. The Bertz CT molecular complexity index is 457. The minimum Gasteiger partial charge on any atom is -0.368 e. The molecule has 6 nitrogen and oxygen atoms in total. The molecule has 1 unspecified atom stereocenters. The maximum Gasteiger partial charge on any atom is 0.222 e. The Balaban J connectivity index is 1.40. The molecule has 22 heavy (non-hydrogen) atoms. The van der Waals surface area contributed by atoms with E-state index >= 15 is 0 Å². The number of hydrogen-bond donors (Lipinski definition) is 0. The Morgan fingerprint density at radius 3 is 2.95 bits per heavy atom. The number of likely N-dealkylation sites (tertiary alicyclic amines) is 1. The fourth-order valence-corrected chi connectivity index (χ4v) is 3.53. The van der Waals surface area contributed by atoms with Crippen molar-refractivity contribution in [3.63, 3.8) is 0 Å². The number of aromatic nitrogens is 2. The second kappa shape index (κ2) is 7.72. The Kier molecular flexibility index (Phi) is 5.43. The molecule has 0 N–H and O–H groups in total. The fourth-order valence-electron chi connectivity index (χ4n) is 3.53. The lowest BCUT2D eigenvalue weighted by Crippen LogP contribution is -2.43. The monoisotopic (exact) mass is 307 g/mol. The highest BCUT2D eigenvalue weighted by molar-refractivity contribution is 5.76. The van der Waals surface area contributed by atoms with Crippen molar-refractivity contribution in [2.24, 2.45) is 5.92 Å². The molecule has 1 aliphatic heterocycles. The topological polar surface area (TPSA) is 68.5 Å². The van der Waals surface area contributed by atoms with E-state index in [2.05, 4.69) is 14.7 Å². The average Bonchev–Trinajstić information content (AvgIpc) is 3.24. The van der Waals surface area contributed by atoms with E-state index in [1.165, 1.54) is 32.1 Å². The van der Waals surface area contributed by atoms with Gasteiger partial charge in [0, 0.05) is 19.5 Å². The lowest BCUT2D eigenvalue weighted by atomic mass is 10.0. The van der Waals surface area contributed by atoms with Crippen molar-refractivity contribution in [2.45, 2.75) is 64.1 Å². The summed E-state index contributed by atoms with van der Waals surface area (Å²) in [4.78, 5) is 18.3. The Labute approximate surface area is 131 Å². The number of nitrogens with zero attached hydrogens (tertiary/aromatic N) is 3. The lowest BCUT2D eigenvalue weighted by Gasteiger charge is -2.32. The number of hydrogen-bond acceptors (Lipinski definition) is 5. The van der Waals surface area contributed by atoms with Crippen LogP contribution in [0, 0.1) is 5.92 Å². The highest BCUT2D eigenvalue weighted by Gasteiger charge is 2.25. The minimum absolute atomic E-state index is 0.0858. The van der Waals surface area contributed by atoms with E-state index in [0.717, 1.165) is 31.7 Å². The van der Waals surface area contributed by atoms with Gasteiger partial charge in [0.1, 0.15) is 6.61 Å². The molecule has 1 aliphatic carbocycles. The van der Waals surface area contributed by atoms with E-state index in [1.54, 1.807) is 0 Å². The Hall–Kier alpha value is -1.43. The van der Waals surface area contributed by atoms with E-state index in [4.69, 9.17) is 4.74 Å². The molecule has 1 saturated heterocycles. The molecule has 3 rings (SSSR count). The van der Waals surface area contributed by atoms with Crippen molar-refractivity contribution in [1.29, 1.82) is 0 Å². The van der Waals surface area contributed by atoms with Crippen LogP contribution in [0.1, 0.15) is 57.2 Å². The molecule has 122 valence electrons. The smallest absolute Gasteiger partial charge is 0.222 e. The highest BCUT2D eigenvalue weighted by atomic mass is 16.5. The molecule has 0 radical (unpaired) electrons. The fraction of sp³-hybridized carbons (Fsp3) is 0.812. The Morgan fingerprint density at radius 2 is 2.18 bits per heavy atom. The van der Waals surface area contributed by atoms with Crippen LogP contribution in [0.15, 0.2) is 10.9 Å². The first-order valence-electron chi connectivity index (χ1n) is 8.46. The van der Waals surface area contributed by atoms with Gasteiger partial charge in [0.15, 0.2) is 5.82 Å². The molecule has 1 saturated carbocycles. The summed E-state index contributed by atoms with van der Waals surface area (Å²) in [7, 11) is 0. The third-order valence-corrected chi connectivity index (χ3v) is 4.83. The van der Waals surface area contributed by atoms with Crippen LogP contribution in [0.3, 0.4) is 0 Å². The van der Waals surface area contributed by atoms with E-state index in [9.17, 15) is 4.79 Å². The third kappa shape index (κ3) is 4.29.